The molecule has 6 rings (SSSR count). The SMILES string of the molecule is Cc1nonc1C(=O)N[C@H](c1cn2ncc(C(C3CC3)N3CC(F)(F)CNC3=O)cc2n1)C1CCC(F)(F)CC1. The molecule has 15 heteroatoms. The van der Waals surface area contributed by atoms with Crippen LogP contribution in [0.15, 0.2) is 23.1 Å². The molecule has 40 heavy (non-hydrogen) atoms. The molecule has 4 heterocycles. The monoisotopic (exact) mass is 564 g/mol. The average molecular weight is 565 g/mol. The number of urea groups is 1. The number of amides is 3. The highest BCUT2D eigenvalue weighted by Crippen LogP contribution is 2.46. The first kappa shape index (κ1) is 26.4. The molecule has 214 valence electrons. The first-order valence-electron chi connectivity index (χ1n) is 13.2. The summed E-state index contributed by atoms with van der Waals surface area (Å²) in [7, 11) is 0. The number of alkyl halides is 4. The highest BCUT2D eigenvalue weighted by Gasteiger charge is 2.47. The lowest BCUT2D eigenvalue weighted by Crippen LogP contribution is -2.58. The van der Waals surface area contributed by atoms with Gasteiger partial charge in [-0.3, -0.25) is 4.79 Å². The number of carbonyl (C=O) groups excluding carboxylic acids is 2. The van der Waals surface area contributed by atoms with Crippen LogP contribution in [0.4, 0.5) is 22.4 Å². The molecule has 3 fully saturated rings. The lowest BCUT2D eigenvalue weighted by molar-refractivity contribution is -0.0495. The molecule has 0 bridgehead atoms. The van der Waals surface area contributed by atoms with Gasteiger partial charge in [0.2, 0.25) is 5.92 Å². The van der Waals surface area contributed by atoms with Gasteiger partial charge < -0.3 is 15.5 Å². The normalized spacial score (nSPS) is 22.6. The van der Waals surface area contributed by atoms with E-state index in [1.54, 1.807) is 19.2 Å². The third-order valence-corrected chi connectivity index (χ3v) is 7.97. The van der Waals surface area contributed by atoms with Crippen LogP contribution in [-0.4, -0.2) is 66.7 Å². The number of fused-ring (bicyclic) bond motifs is 1. The molecule has 0 radical (unpaired) electrons. The van der Waals surface area contributed by atoms with E-state index in [9.17, 15) is 27.2 Å². The molecule has 3 aliphatic rings. The van der Waals surface area contributed by atoms with E-state index in [-0.39, 0.29) is 48.9 Å². The molecule has 11 nitrogen and oxygen atoms in total. The molecule has 3 aromatic rings. The van der Waals surface area contributed by atoms with E-state index in [1.807, 2.05) is 0 Å². The van der Waals surface area contributed by atoms with Gasteiger partial charge in [0.25, 0.3) is 11.8 Å². The summed E-state index contributed by atoms with van der Waals surface area (Å²) in [4.78, 5) is 31.4. The Hall–Kier alpha value is -3.78. The number of imidazole rings is 1. The van der Waals surface area contributed by atoms with E-state index in [1.165, 1.54) is 10.7 Å². The van der Waals surface area contributed by atoms with Gasteiger partial charge in [-0.25, -0.2) is 36.5 Å². The number of nitrogens with one attached hydrogen (secondary N) is 2. The Morgan fingerprint density at radius 2 is 1.88 bits per heavy atom. The third kappa shape index (κ3) is 5.20. The van der Waals surface area contributed by atoms with Gasteiger partial charge in [-0.05, 0) is 61.2 Å². The highest BCUT2D eigenvalue weighted by atomic mass is 19.3. The van der Waals surface area contributed by atoms with Crippen molar-refractivity contribution in [2.75, 3.05) is 13.1 Å². The maximum atomic E-state index is 14.2. The van der Waals surface area contributed by atoms with Crippen LogP contribution in [0.1, 0.15) is 78.0 Å². The predicted octanol–water partition coefficient (Wildman–Crippen LogP) is 3.83. The summed E-state index contributed by atoms with van der Waals surface area (Å²) in [6, 6.07) is -0.182. The Morgan fingerprint density at radius 3 is 2.55 bits per heavy atom. The van der Waals surface area contributed by atoms with E-state index in [2.05, 4.69) is 35.7 Å². The van der Waals surface area contributed by atoms with Crippen LogP contribution in [0, 0.1) is 18.8 Å². The van der Waals surface area contributed by atoms with Crippen molar-refractivity contribution in [1.82, 2.24) is 40.4 Å². The summed E-state index contributed by atoms with van der Waals surface area (Å²) in [5.41, 5.74) is 1.63. The molecule has 0 spiro atoms. The second kappa shape index (κ2) is 9.70. The van der Waals surface area contributed by atoms with Gasteiger partial charge in [0, 0.05) is 12.8 Å². The molecule has 1 aliphatic heterocycles. The van der Waals surface area contributed by atoms with E-state index >= 15 is 0 Å². The molecule has 2 saturated carbocycles. The van der Waals surface area contributed by atoms with Crippen LogP contribution in [0.25, 0.3) is 5.65 Å². The fourth-order valence-corrected chi connectivity index (χ4v) is 5.72. The molecule has 2 aliphatic carbocycles. The zero-order valence-corrected chi connectivity index (χ0v) is 21.6. The molecule has 3 aromatic heterocycles. The molecule has 3 amide bonds. The van der Waals surface area contributed by atoms with Crippen LogP contribution in [0.2, 0.25) is 0 Å². The standard InChI is InChI=1S/C25H28F4N8O3/c1-13-19(35-40-34-13)22(38)33-20(14-4-6-24(26,27)7-5-14)17-10-37-18(32-17)8-16(9-31-37)21(15-2-3-15)36-12-25(28,29)11-30-23(36)39/h8-10,14-15,20-21H,2-7,11-12H2,1H3,(H,30,39)(H,33,38)/t20-,21?/m0/s1. The van der Waals surface area contributed by atoms with Crippen LogP contribution in [0.5, 0.6) is 0 Å². The largest absolute Gasteiger partial charge is 0.342 e. The summed E-state index contributed by atoms with van der Waals surface area (Å²) in [6.45, 7) is 0.166. The summed E-state index contributed by atoms with van der Waals surface area (Å²) < 4.78 is 62.4. The Bertz CT molecular complexity index is 1430. The minimum Gasteiger partial charge on any atom is -0.342 e. The van der Waals surface area contributed by atoms with Gasteiger partial charge in [-0.15, -0.1) is 0 Å². The van der Waals surface area contributed by atoms with Crippen LogP contribution < -0.4 is 10.6 Å². The van der Waals surface area contributed by atoms with Crippen molar-refractivity contribution in [3.63, 3.8) is 0 Å². The minimum absolute atomic E-state index is 0.0146. The number of halogens is 4. The van der Waals surface area contributed by atoms with Gasteiger partial charge in [-0.2, -0.15) is 5.10 Å². The lowest BCUT2D eigenvalue weighted by Gasteiger charge is -2.38. The number of aromatic nitrogens is 5. The van der Waals surface area contributed by atoms with E-state index < -0.39 is 49.0 Å². The molecule has 0 aromatic carbocycles. The Morgan fingerprint density at radius 1 is 1.12 bits per heavy atom. The maximum absolute atomic E-state index is 14.2. The Balaban J connectivity index is 1.32. The first-order chi connectivity index (χ1) is 19.0. The molecule has 2 atom stereocenters. The van der Waals surface area contributed by atoms with Gasteiger partial charge in [0.1, 0.15) is 5.69 Å². The van der Waals surface area contributed by atoms with Crippen molar-refractivity contribution in [2.45, 2.75) is 69.4 Å². The highest BCUT2D eigenvalue weighted by molar-refractivity contribution is 5.93. The third-order valence-electron chi connectivity index (χ3n) is 7.97. The van der Waals surface area contributed by atoms with Gasteiger partial charge >= 0.3 is 6.03 Å². The van der Waals surface area contributed by atoms with Crippen LogP contribution >= 0.6 is 0 Å². The molecular weight excluding hydrogens is 536 g/mol. The second-order valence-electron chi connectivity index (χ2n) is 11.0. The molecule has 1 saturated heterocycles. The van der Waals surface area contributed by atoms with Gasteiger partial charge in [0.15, 0.2) is 11.3 Å². The Labute approximate surface area is 225 Å². The van der Waals surface area contributed by atoms with Crippen molar-refractivity contribution in [2.24, 2.45) is 11.8 Å². The number of hydrogen-bond donors (Lipinski definition) is 2. The van der Waals surface area contributed by atoms with Crippen molar-refractivity contribution in [3.8, 4) is 0 Å². The number of carbonyl (C=O) groups is 2. The molecule has 2 N–H and O–H groups in total. The summed E-state index contributed by atoms with van der Waals surface area (Å²) in [5.74, 6) is -6.70. The van der Waals surface area contributed by atoms with Crippen molar-refractivity contribution in [3.05, 3.63) is 41.1 Å². The zero-order chi connectivity index (χ0) is 28.2. The number of rotatable bonds is 7. The summed E-state index contributed by atoms with van der Waals surface area (Å²) in [6.07, 6.45) is 4.44. The molecule has 1 unspecified atom stereocenters. The topological polar surface area (TPSA) is 131 Å². The lowest BCUT2D eigenvalue weighted by atomic mass is 9.81. The van der Waals surface area contributed by atoms with Crippen molar-refractivity contribution >= 4 is 17.6 Å². The fraction of sp³-hybridized carbons (Fsp3) is 0.600. The minimum atomic E-state index is -3.06. The summed E-state index contributed by atoms with van der Waals surface area (Å²) in [5, 5.41) is 16.8. The number of aryl methyl sites for hydroxylation is 1. The zero-order valence-electron chi connectivity index (χ0n) is 21.6. The summed E-state index contributed by atoms with van der Waals surface area (Å²) >= 11 is 0. The van der Waals surface area contributed by atoms with Crippen molar-refractivity contribution in [1.29, 1.82) is 0 Å². The quantitative estimate of drug-likeness (QED) is 0.417. The smallest absolute Gasteiger partial charge is 0.318 e. The van der Waals surface area contributed by atoms with Gasteiger partial charge in [0.05, 0.1) is 43.3 Å². The van der Waals surface area contributed by atoms with E-state index in [0.29, 0.717) is 16.9 Å². The van der Waals surface area contributed by atoms with Crippen molar-refractivity contribution < 1.29 is 31.8 Å². The first-order valence-corrected chi connectivity index (χ1v) is 13.2. The van der Waals surface area contributed by atoms with E-state index in [4.69, 9.17) is 0 Å². The Kier molecular flexibility index (Phi) is 6.41. The van der Waals surface area contributed by atoms with Crippen LogP contribution in [0.3, 0.4) is 0 Å². The van der Waals surface area contributed by atoms with E-state index in [0.717, 1.165) is 17.7 Å². The van der Waals surface area contributed by atoms with Crippen LogP contribution in [-0.2, 0) is 0 Å². The maximum Gasteiger partial charge on any atom is 0.318 e. The number of hydrogen-bond acceptors (Lipinski definition) is 7. The predicted molar refractivity (Wildman–Crippen MR) is 130 cm³/mol. The fourth-order valence-electron chi connectivity index (χ4n) is 5.72. The molecular formula is C25H28F4N8O3. The van der Waals surface area contributed by atoms with Gasteiger partial charge in [-0.1, -0.05) is 5.16 Å². The average Bonchev–Trinajstić information content (AvgIpc) is 3.48. The second-order valence-corrected chi connectivity index (χ2v) is 11.0. The number of nitrogens with zero attached hydrogens (tertiary/aromatic N) is 6.